The molecule has 1 aromatic rings. The molecule has 0 radical (unpaired) electrons. The number of halogens is 6. The summed E-state index contributed by atoms with van der Waals surface area (Å²) >= 11 is 2.03. The van der Waals surface area contributed by atoms with Gasteiger partial charge in [0.15, 0.2) is 0 Å². The van der Waals surface area contributed by atoms with E-state index >= 15 is 0 Å². The molecule has 1 spiro atoms. The van der Waals surface area contributed by atoms with Gasteiger partial charge in [-0.15, -0.1) is 11.8 Å². The van der Waals surface area contributed by atoms with Crippen LogP contribution in [0.25, 0.3) is 0 Å². The number of carboxylic acid groups (broad SMARTS) is 2. The molecule has 1 unspecified atom stereocenters. The van der Waals surface area contributed by atoms with Gasteiger partial charge in [0.25, 0.3) is 0 Å². The number of aromatic nitrogens is 1. The summed E-state index contributed by atoms with van der Waals surface area (Å²) in [4.78, 5) is 38.9. The van der Waals surface area contributed by atoms with Crippen LogP contribution in [0.5, 0.6) is 0 Å². The summed E-state index contributed by atoms with van der Waals surface area (Å²) in [7, 11) is 0. The molecule has 3 saturated heterocycles. The first-order chi connectivity index (χ1) is 18.0. The summed E-state index contributed by atoms with van der Waals surface area (Å²) in [6.45, 7) is 7.27. The monoisotopic (exact) mass is 589 g/mol. The average Bonchev–Trinajstić information content (AvgIpc) is 3.48. The van der Waals surface area contributed by atoms with Crippen LogP contribution in [-0.2, 0) is 25.7 Å². The number of thioether (sulfide) groups is 1. The fourth-order valence-corrected chi connectivity index (χ4v) is 5.78. The predicted octanol–water partition coefficient (Wildman–Crippen LogP) is 3.36. The van der Waals surface area contributed by atoms with E-state index in [1.807, 2.05) is 29.7 Å². The molecule has 4 heterocycles. The van der Waals surface area contributed by atoms with Crippen LogP contribution in [0.2, 0.25) is 0 Å². The van der Waals surface area contributed by atoms with E-state index < -0.39 is 24.3 Å². The zero-order valence-corrected chi connectivity index (χ0v) is 21.7. The second-order valence-corrected chi connectivity index (χ2v) is 10.7. The number of carbonyl (C=O) groups is 3. The lowest BCUT2D eigenvalue weighted by atomic mass is 9.93. The first-order valence-electron chi connectivity index (χ1n) is 11.8. The third-order valence-corrected chi connectivity index (χ3v) is 7.49. The zero-order valence-electron chi connectivity index (χ0n) is 20.9. The van der Waals surface area contributed by atoms with Gasteiger partial charge in [-0.25, -0.2) is 9.59 Å². The smallest absolute Gasteiger partial charge is 0.475 e. The highest BCUT2D eigenvalue weighted by molar-refractivity contribution is 8.01. The Balaban J connectivity index is 0.000000317. The average molecular weight is 590 g/mol. The summed E-state index contributed by atoms with van der Waals surface area (Å²) in [5, 5.41) is 14.2. The molecule has 1 amide bonds. The van der Waals surface area contributed by atoms with Crippen LogP contribution in [0.15, 0.2) is 18.2 Å². The van der Waals surface area contributed by atoms with Gasteiger partial charge < -0.3 is 19.8 Å². The van der Waals surface area contributed by atoms with Crippen LogP contribution in [0.4, 0.5) is 26.3 Å². The Morgan fingerprint density at radius 2 is 1.59 bits per heavy atom. The number of carboxylic acids is 2. The van der Waals surface area contributed by atoms with E-state index in [0.717, 1.165) is 69.1 Å². The topological polar surface area (TPSA) is 120 Å². The Hall–Kier alpha value is -2.59. The van der Waals surface area contributed by atoms with Gasteiger partial charge in [0.05, 0.1) is 11.8 Å². The number of aliphatic carboxylic acids is 2. The Morgan fingerprint density at radius 3 is 2.08 bits per heavy atom. The number of hydrogen-bond acceptors (Lipinski definition) is 7. The van der Waals surface area contributed by atoms with Crippen molar-refractivity contribution in [1.29, 1.82) is 0 Å². The van der Waals surface area contributed by atoms with Crippen LogP contribution in [0.1, 0.15) is 30.7 Å². The Morgan fingerprint density at radius 1 is 1.05 bits per heavy atom. The minimum Gasteiger partial charge on any atom is -0.475 e. The van der Waals surface area contributed by atoms with Gasteiger partial charge in [-0.3, -0.25) is 14.7 Å². The number of likely N-dealkylation sites (tertiary alicyclic amines) is 2. The summed E-state index contributed by atoms with van der Waals surface area (Å²) in [5.41, 5.74) is 2.24. The van der Waals surface area contributed by atoms with E-state index in [-0.39, 0.29) is 18.6 Å². The molecule has 9 nitrogen and oxygen atoms in total. The van der Waals surface area contributed by atoms with Crippen molar-refractivity contribution in [2.75, 3.05) is 38.5 Å². The maximum atomic E-state index is 12.1. The Kier molecular flexibility index (Phi) is 11.4. The summed E-state index contributed by atoms with van der Waals surface area (Å²) < 4.78 is 69.7. The first-order valence-corrected chi connectivity index (χ1v) is 12.8. The molecule has 0 bridgehead atoms. The molecule has 2 N–H and O–H groups in total. The highest BCUT2D eigenvalue weighted by atomic mass is 32.2. The predicted molar refractivity (Wildman–Crippen MR) is 127 cm³/mol. The maximum Gasteiger partial charge on any atom is 0.490 e. The number of ether oxygens (including phenoxy) is 1. The van der Waals surface area contributed by atoms with E-state index in [0.29, 0.717) is 4.75 Å². The van der Waals surface area contributed by atoms with Crippen molar-refractivity contribution in [3.63, 3.8) is 0 Å². The lowest BCUT2D eigenvalue weighted by molar-refractivity contribution is -0.193. The molecule has 39 heavy (non-hydrogen) atoms. The van der Waals surface area contributed by atoms with E-state index in [2.05, 4.69) is 22.0 Å². The van der Waals surface area contributed by atoms with E-state index in [9.17, 15) is 31.1 Å². The lowest BCUT2D eigenvalue weighted by Gasteiger charge is -2.47. The van der Waals surface area contributed by atoms with Crippen molar-refractivity contribution < 1.29 is 55.7 Å². The highest BCUT2D eigenvalue weighted by Gasteiger charge is 2.49. The molecule has 0 saturated carbocycles. The summed E-state index contributed by atoms with van der Waals surface area (Å²) in [6, 6.07) is 6.23. The molecular weight excluding hydrogens is 560 g/mol. The van der Waals surface area contributed by atoms with Crippen molar-refractivity contribution in [3.05, 3.63) is 29.6 Å². The maximum absolute atomic E-state index is 12.1. The van der Waals surface area contributed by atoms with Gasteiger partial charge in [-0.1, -0.05) is 6.07 Å². The number of aryl methyl sites for hydroxylation is 1. The number of carbonyl (C=O) groups excluding carboxylic acids is 1. The fraction of sp³-hybridized carbons (Fsp3) is 0.652. The van der Waals surface area contributed by atoms with Gasteiger partial charge in [0.1, 0.15) is 6.61 Å². The zero-order chi connectivity index (χ0) is 29.4. The number of hydrogen-bond donors (Lipinski definition) is 2. The number of alkyl halides is 6. The Bertz CT molecular complexity index is 973. The molecule has 16 heteroatoms. The quantitative estimate of drug-likeness (QED) is 0.499. The number of rotatable bonds is 5. The fourth-order valence-electron chi connectivity index (χ4n) is 4.17. The second-order valence-electron chi connectivity index (χ2n) is 9.24. The van der Waals surface area contributed by atoms with Crippen LogP contribution in [0, 0.1) is 6.92 Å². The lowest BCUT2D eigenvalue weighted by Crippen LogP contribution is -2.58. The molecule has 3 aliphatic rings. The van der Waals surface area contributed by atoms with E-state index in [1.165, 1.54) is 0 Å². The molecular formula is C23H29F6N3O6S. The third-order valence-electron chi connectivity index (χ3n) is 5.92. The molecule has 0 aliphatic carbocycles. The standard InChI is InChI=1S/C19H27N3O2S.2C2HF3O2/c1-15-5-4-6-16(20-15)10-21-13-19(14-21)9-17(12-25-19)24-11-18(23)22-7-2-3-8-22;2*3-2(4,5)1(6)7/h4-6,17H,2-3,7-14H2,1H3;2*(H,6,7). The van der Waals surface area contributed by atoms with E-state index in [1.54, 1.807) is 0 Å². The second kappa shape index (κ2) is 13.7. The molecule has 220 valence electrons. The normalized spacial score (nSPS) is 20.4. The minimum atomic E-state index is -5.08. The van der Waals surface area contributed by atoms with E-state index in [4.69, 9.17) is 24.5 Å². The SMILES string of the molecule is Cc1cccc(CN2CC3(CC(OCC(=O)N4CCCC4)CS3)C2)n1.O=C(O)C(F)(F)F.O=C(O)C(F)(F)F. The largest absolute Gasteiger partial charge is 0.490 e. The molecule has 1 aromatic heterocycles. The number of amides is 1. The Labute approximate surface area is 224 Å². The van der Waals surface area contributed by atoms with Crippen molar-refractivity contribution in [2.45, 2.75) is 55.9 Å². The molecule has 3 fully saturated rings. The van der Waals surface area contributed by atoms with Gasteiger partial charge in [-0.05, 0) is 38.3 Å². The van der Waals surface area contributed by atoms with Gasteiger partial charge in [0.2, 0.25) is 5.91 Å². The number of pyridine rings is 1. The number of nitrogens with zero attached hydrogens (tertiary/aromatic N) is 3. The summed E-state index contributed by atoms with van der Waals surface area (Å²) in [5.74, 6) is -4.33. The molecule has 0 aromatic carbocycles. The van der Waals surface area contributed by atoms with Crippen molar-refractivity contribution in [2.24, 2.45) is 0 Å². The van der Waals surface area contributed by atoms with Crippen molar-refractivity contribution in [1.82, 2.24) is 14.8 Å². The molecule has 1 atom stereocenters. The van der Waals surface area contributed by atoms with Crippen molar-refractivity contribution >= 4 is 29.6 Å². The van der Waals surface area contributed by atoms with Gasteiger partial charge >= 0.3 is 24.3 Å². The van der Waals surface area contributed by atoms with Crippen LogP contribution >= 0.6 is 11.8 Å². The van der Waals surface area contributed by atoms with Gasteiger partial charge in [-0.2, -0.15) is 26.3 Å². The summed E-state index contributed by atoms with van der Waals surface area (Å²) in [6.07, 6.45) is -6.59. The molecule has 4 rings (SSSR count). The van der Waals surface area contributed by atoms with Crippen LogP contribution < -0.4 is 0 Å². The van der Waals surface area contributed by atoms with Gasteiger partial charge in [0, 0.05) is 48.9 Å². The van der Waals surface area contributed by atoms with Crippen LogP contribution in [0.3, 0.4) is 0 Å². The molecule has 3 aliphatic heterocycles. The van der Waals surface area contributed by atoms with Crippen molar-refractivity contribution in [3.8, 4) is 0 Å². The highest BCUT2D eigenvalue weighted by Crippen LogP contribution is 2.46. The first kappa shape index (κ1) is 32.6. The third kappa shape index (κ3) is 10.8. The minimum absolute atomic E-state index is 0.171. The van der Waals surface area contributed by atoms with Crippen LogP contribution in [-0.4, -0.2) is 105 Å².